The largest absolute Gasteiger partial charge is 0.491 e. The maximum atomic E-state index is 11.6. The van der Waals surface area contributed by atoms with Crippen molar-refractivity contribution in [2.24, 2.45) is 5.92 Å². The van der Waals surface area contributed by atoms with Crippen LogP contribution in [0.2, 0.25) is 0 Å². The molecule has 150 valence electrons. The van der Waals surface area contributed by atoms with E-state index in [1.165, 1.54) is 11.1 Å². The highest BCUT2D eigenvalue weighted by atomic mass is 16.5. The van der Waals surface area contributed by atoms with Gasteiger partial charge < -0.3 is 9.47 Å². The molecular weight excluding hydrogens is 336 g/mol. The number of esters is 1. The van der Waals surface area contributed by atoms with Crippen molar-refractivity contribution in [1.29, 1.82) is 0 Å². The second kappa shape index (κ2) is 13.9. The number of carbonyl (C=O) groups is 1. The third-order valence-electron chi connectivity index (χ3n) is 3.32. The van der Waals surface area contributed by atoms with Gasteiger partial charge in [0.1, 0.15) is 11.5 Å². The highest BCUT2D eigenvalue weighted by Gasteiger charge is 2.09. The van der Waals surface area contributed by atoms with Crippen molar-refractivity contribution in [2.75, 3.05) is 0 Å². The van der Waals surface area contributed by atoms with Gasteiger partial charge in [0.05, 0.1) is 12.0 Å². The van der Waals surface area contributed by atoms with E-state index in [-0.39, 0.29) is 18.0 Å². The van der Waals surface area contributed by atoms with E-state index >= 15 is 0 Å². The van der Waals surface area contributed by atoms with Crippen molar-refractivity contribution in [3.63, 3.8) is 0 Å². The van der Waals surface area contributed by atoms with E-state index in [4.69, 9.17) is 9.47 Å². The molecule has 0 saturated carbocycles. The predicted molar refractivity (Wildman–Crippen MR) is 115 cm³/mol. The molecule has 0 aliphatic carbocycles. The molecule has 0 atom stereocenters. The maximum Gasteiger partial charge on any atom is 0.313 e. The minimum absolute atomic E-state index is 0.124. The van der Waals surface area contributed by atoms with E-state index in [1.807, 2.05) is 91.8 Å². The smallest absolute Gasteiger partial charge is 0.313 e. The van der Waals surface area contributed by atoms with Gasteiger partial charge in [0, 0.05) is 0 Å². The van der Waals surface area contributed by atoms with E-state index in [1.54, 1.807) is 0 Å². The van der Waals surface area contributed by atoms with Gasteiger partial charge in [-0.3, -0.25) is 4.79 Å². The zero-order chi connectivity index (χ0) is 20.8. The van der Waals surface area contributed by atoms with E-state index in [2.05, 4.69) is 12.1 Å². The van der Waals surface area contributed by atoms with Gasteiger partial charge >= 0.3 is 5.97 Å². The van der Waals surface area contributed by atoms with Gasteiger partial charge in [-0.15, -0.1) is 0 Å². The molecule has 0 unspecified atom stereocenters. The van der Waals surface area contributed by atoms with Crippen LogP contribution in [0.15, 0.2) is 48.5 Å². The first-order valence-corrected chi connectivity index (χ1v) is 10.0. The Kier molecular flexibility index (Phi) is 12.7. The number of rotatable bonds is 6. The van der Waals surface area contributed by atoms with Gasteiger partial charge in [0.15, 0.2) is 0 Å². The average molecular weight is 373 g/mol. The molecule has 2 aromatic rings. The van der Waals surface area contributed by atoms with Gasteiger partial charge in [-0.2, -0.15) is 0 Å². The molecule has 0 fully saturated rings. The molecule has 3 nitrogen and oxygen atoms in total. The molecule has 0 amide bonds. The Bertz CT molecular complexity index is 626. The fourth-order valence-electron chi connectivity index (χ4n) is 2.10. The van der Waals surface area contributed by atoms with Gasteiger partial charge in [-0.1, -0.05) is 65.8 Å². The van der Waals surface area contributed by atoms with E-state index in [0.29, 0.717) is 5.75 Å². The summed E-state index contributed by atoms with van der Waals surface area (Å²) < 4.78 is 10.9. The molecule has 0 aliphatic heterocycles. The number of carbonyl (C=O) groups excluding carboxylic acids is 1. The highest BCUT2D eigenvalue weighted by molar-refractivity contribution is 5.74. The fourth-order valence-corrected chi connectivity index (χ4v) is 2.10. The monoisotopic (exact) mass is 372 g/mol. The maximum absolute atomic E-state index is 11.6. The standard InChI is InChI=1S/C20H24O3.2C2H6/c1-14(2)20(21)23-19-11-7-17(8-12-19)13-16-5-9-18(10-6-16)22-15(3)4;2*1-2/h5-12,14-15H,13H2,1-4H3;2*1-2H3. The van der Waals surface area contributed by atoms with Crippen LogP contribution < -0.4 is 9.47 Å². The molecular formula is C24H36O3. The first-order chi connectivity index (χ1) is 12.9. The SMILES string of the molecule is CC.CC.CC(C)Oc1ccc(Cc2ccc(OC(=O)C(C)C)cc2)cc1. The van der Waals surface area contributed by atoms with Crippen LogP contribution in [0.5, 0.6) is 11.5 Å². The Balaban J connectivity index is 0.00000158. The van der Waals surface area contributed by atoms with Gasteiger partial charge in [0.2, 0.25) is 0 Å². The lowest BCUT2D eigenvalue weighted by atomic mass is 10.0. The van der Waals surface area contributed by atoms with Crippen LogP contribution in [-0.4, -0.2) is 12.1 Å². The Labute approximate surface area is 165 Å². The highest BCUT2D eigenvalue weighted by Crippen LogP contribution is 2.19. The summed E-state index contributed by atoms with van der Waals surface area (Å²) in [6, 6.07) is 15.8. The van der Waals surface area contributed by atoms with Crippen LogP contribution in [0.4, 0.5) is 0 Å². The molecule has 0 aromatic heterocycles. The second-order valence-corrected chi connectivity index (χ2v) is 6.21. The van der Waals surface area contributed by atoms with Crippen molar-refractivity contribution in [3.05, 3.63) is 59.7 Å². The van der Waals surface area contributed by atoms with E-state index in [9.17, 15) is 4.79 Å². The third kappa shape index (κ3) is 9.83. The van der Waals surface area contributed by atoms with Crippen molar-refractivity contribution in [1.82, 2.24) is 0 Å². The minimum atomic E-state index is -0.210. The molecule has 3 heteroatoms. The quantitative estimate of drug-likeness (QED) is 0.419. The lowest BCUT2D eigenvalue weighted by Gasteiger charge is -2.10. The molecule has 0 bridgehead atoms. The third-order valence-corrected chi connectivity index (χ3v) is 3.32. The summed E-state index contributed by atoms with van der Waals surface area (Å²) in [6.07, 6.45) is 1.02. The lowest BCUT2D eigenvalue weighted by Crippen LogP contribution is -2.14. The molecule has 0 N–H and O–H groups in total. The lowest BCUT2D eigenvalue weighted by molar-refractivity contribution is -0.137. The van der Waals surface area contributed by atoms with Crippen molar-refractivity contribution in [3.8, 4) is 11.5 Å². The topological polar surface area (TPSA) is 35.5 Å². The Morgan fingerprint density at radius 3 is 1.52 bits per heavy atom. The van der Waals surface area contributed by atoms with E-state index < -0.39 is 0 Å². The molecule has 0 aliphatic rings. The van der Waals surface area contributed by atoms with Gasteiger partial charge in [-0.25, -0.2) is 0 Å². The fraction of sp³-hybridized carbons (Fsp3) is 0.458. The number of ether oxygens (including phenoxy) is 2. The van der Waals surface area contributed by atoms with Gasteiger partial charge in [0.25, 0.3) is 0 Å². The Morgan fingerprint density at radius 2 is 1.15 bits per heavy atom. The normalized spacial score (nSPS) is 9.70. The molecule has 0 heterocycles. The summed E-state index contributed by atoms with van der Waals surface area (Å²) >= 11 is 0. The number of hydrogen-bond acceptors (Lipinski definition) is 3. The number of benzene rings is 2. The zero-order valence-corrected chi connectivity index (χ0v) is 18.2. The minimum Gasteiger partial charge on any atom is -0.491 e. The summed E-state index contributed by atoms with van der Waals surface area (Å²) in [4.78, 5) is 11.6. The van der Waals surface area contributed by atoms with Crippen LogP contribution in [0.25, 0.3) is 0 Å². The van der Waals surface area contributed by atoms with Crippen molar-refractivity contribution < 1.29 is 14.3 Å². The van der Waals surface area contributed by atoms with Crippen LogP contribution >= 0.6 is 0 Å². The zero-order valence-electron chi connectivity index (χ0n) is 18.2. The average Bonchev–Trinajstić information content (AvgIpc) is 2.67. The molecule has 0 saturated heterocycles. The molecule has 27 heavy (non-hydrogen) atoms. The first kappa shape index (κ1) is 24.7. The summed E-state index contributed by atoms with van der Waals surface area (Å²) in [5.74, 6) is 1.15. The van der Waals surface area contributed by atoms with Gasteiger partial charge in [-0.05, 0) is 55.7 Å². The summed E-state index contributed by atoms with van der Waals surface area (Å²) in [5.41, 5.74) is 2.39. The molecule has 0 radical (unpaired) electrons. The van der Waals surface area contributed by atoms with Crippen LogP contribution in [0, 0.1) is 5.92 Å². The molecule has 0 spiro atoms. The van der Waals surface area contributed by atoms with E-state index in [0.717, 1.165) is 12.2 Å². The van der Waals surface area contributed by atoms with Crippen LogP contribution in [0.1, 0.15) is 66.5 Å². The summed E-state index contributed by atoms with van der Waals surface area (Å²) in [6.45, 7) is 15.7. The Hall–Kier alpha value is -2.29. The van der Waals surface area contributed by atoms with Crippen molar-refractivity contribution >= 4 is 5.97 Å². The van der Waals surface area contributed by atoms with Crippen LogP contribution in [-0.2, 0) is 11.2 Å². The van der Waals surface area contributed by atoms with Crippen molar-refractivity contribution in [2.45, 2.75) is 67.9 Å². The van der Waals surface area contributed by atoms with Crippen LogP contribution in [0.3, 0.4) is 0 Å². The number of hydrogen-bond donors (Lipinski definition) is 0. The molecule has 2 aromatic carbocycles. The predicted octanol–water partition coefficient (Wildman–Crippen LogP) is 6.68. The summed E-state index contributed by atoms with van der Waals surface area (Å²) in [5, 5.41) is 0. The first-order valence-electron chi connectivity index (χ1n) is 10.0. The summed E-state index contributed by atoms with van der Waals surface area (Å²) in [7, 11) is 0. The Morgan fingerprint density at radius 1 is 0.741 bits per heavy atom. The second-order valence-electron chi connectivity index (χ2n) is 6.21. The molecule has 2 rings (SSSR count).